The van der Waals surface area contributed by atoms with E-state index in [1.807, 2.05) is 31.2 Å². The molecule has 0 saturated carbocycles. The van der Waals surface area contributed by atoms with Crippen LogP contribution < -0.4 is 16.0 Å². The molecule has 7 heteroatoms. The highest BCUT2D eigenvalue weighted by Gasteiger charge is 2.16. The highest BCUT2D eigenvalue weighted by Crippen LogP contribution is 2.15. The van der Waals surface area contributed by atoms with Gasteiger partial charge in [0.2, 0.25) is 0 Å². The van der Waals surface area contributed by atoms with Crippen LogP contribution in [0.1, 0.15) is 46.1 Å². The molecule has 29 heavy (non-hydrogen) atoms. The molecule has 1 atom stereocenters. The zero-order valence-corrected chi connectivity index (χ0v) is 18.0. The quantitative estimate of drug-likeness (QED) is 0.458. The van der Waals surface area contributed by atoms with Crippen molar-refractivity contribution in [2.75, 3.05) is 19.7 Å². The standard InChI is InChI=1S/C22H30N4O2S/c1-3-23-22(26-15-20-16(2)9-11-29-20)25-13-17-6-4-7-18(12-17)21(27)24-14-19-8-5-10-28-19/h4,6-7,9,11-12,19H,3,5,8,10,13-15H2,1-2H3,(H,24,27)(H2,23,25,26). The van der Waals surface area contributed by atoms with E-state index in [2.05, 4.69) is 39.3 Å². The highest BCUT2D eigenvalue weighted by molar-refractivity contribution is 7.10. The SMILES string of the molecule is CCNC(=NCc1cccc(C(=O)NCC2CCCO2)c1)NCc1sccc1C. The molecule has 3 rings (SSSR count). The molecule has 1 saturated heterocycles. The van der Waals surface area contributed by atoms with Crippen LogP contribution in [-0.4, -0.2) is 37.7 Å². The summed E-state index contributed by atoms with van der Waals surface area (Å²) < 4.78 is 5.56. The van der Waals surface area contributed by atoms with Crippen LogP contribution in [0.15, 0.2) is 40.7 Å². The number of carbonyl (C=O) groups excluding carboxylic acids is 1. The average Bonchev–Trinajstić information content (AvgIpc) is 3.40. The number of rotatable bonds is 8. The predicted molar refractivity (Wildman–Crippen MR) is 118 cm³/mol. The number of aryl methyl sites for hydroxylation is 1. The monoisotopic (exact) mass is 414 g/mol. The summed E-state index contributed by atoms with van der Waals surface area (Å²) in [6, 6.07) is 9.76. The maximum atomic E-state index is 12.4. The van der Waals surface area contributed by atoms with Gasteiger partial charge in [0.15, 0.2) is 5.96 Å². The third kappa shape index (κ3) is 6.58. The number of nitrogens with one attached hydrogen (secondary N) is 3. The Kier molecular flexibility index (Phi) is 8.07. The van der Waals surface area contributed by atoms with Gasteiger partial charge in [-0.2, -0.15) is 0 Å². The smallest absolute Gasteiger partial charge is 0.251 e. The molecule has 0 radical (unpaired) electrons. The normalized spacial score (nSPS) is 16.6. The number of ether oxygens (including phenoxy) is 1. The lowest BCUT2D eigenvalue weighted by atomic mass is 10.1. The van der Waals surface area contributed by atoms with Gasteiger partial charge in [0, 0.05) is 30.1 Å². The Morgan fingerprint density at radius 3 is 2.90 bits per heavy atom. The molecular weight excluding hydrogens is 384 g/mol. The van der Waals surface area contributed by atoms with Crippen molar-refractivity contribution in [1.29, 1.82) is 0 Å². The van der Waals surface area contributed by atoms with Crippen LogP contribution in [0.2, 0.25) is 0 Å². The molecule has 156 valence electrons. The summed E-state index contributed by atoms with van der Waals surface area (Å²) in [4.78, 5) is 18.4. The molecule has 0 aliphatic carbocycles. The van der Waals surface area contributed by atoms with Gasteiger partial charge in [-0.05, 0) is 61.4 Å². The molecule has 1 unspecified atom stereocenters. The first-order valence-electron chi connectivity index (χ1n) is 10.2. The summed E-state index contributed by atoms with van der Waals surface area (Å²) in [5.74, 6) is 0.707. The summed E-state index contributed by atoms with van der Waals surface area (Å²) in [5, 5.41) is 11.7. The lowest BCUT2D eigenvalue weighted by molar-refractivity contribution is 0.0857. The van der Waals surface area contributed by atoms with E-state index < -0.39 is 0 Å². The summed E-state index contributed by atoms with van der Waals surface area (Å²) in [7, 11) is 0. The van der Waals surface area contributed by atoms with E-state index in [1.165, 1.54) is 10.4 Å². The van der Waals surface area contributed by atoms with Crippen molar-refractivity contribution in [3.63, 3.8) is 0 Å². The first-order chi connectivity index (χ1) is 14.2. The average molecular weight is 415 g/mol. The highest BCUT2D eigenvalue weighted by atomic mass is 32.1. The first kappa shape index (κ1) is 21.3. The Bertz CT molecular complexity index is 828. The largest absolute Gasteiger partial charge is 0.376 e. The molecule has 6 nitrogen and oxygen atoms in total. The van der Waals surface area contributed by atoms with Gasteiger partial charge in [-0.3, -0.25) is 4.79 Å². The van der Waals surface area contributed by atoms with E-state index in [4.69, 9.17) is 4.74 Å². The number of amides is 1. The second kappa shape index (κ2) is 11.0. The van der Waals surface area contributed by atoms with Crippen LogP contribution in [0.4, 0.5) is 0 Å². The zero-order valence-electron chi connectivity index (χ0n) is 17.2. The lowest BCUT2D eigenvalue weighted by Gasteiger charge is -2.12. The molecule has 1 aliphatic heterocycles. The Balaban J connectivity index is 1.56. The molecule has 0 spiro atoms. The van der Waals surface area contributed by atoms with Gasteiger partial charge in [0.05, 0.1) is 19.2 Å². The van der Waals surface area contributed by atoms with Crippen LogP contribution in [0.3, 0.4) is 0 Å². The first-order valence-corrected chi connectivity index (χ1v) is 11.1. The van der Waals surface area contributed by atoms with Gasteiger partial charge in [-0.25, -0.2) is 4.99 Å². The number of thiophene rings is 1. The number of hydrogen-bond donors (Lipinski definition) is 3. The Morgan fingerprint density at radius 2 is 2.17 bits per heavy atom. The minimum absolute atomic E-state index is 0.0652. The molecule has 2 heterocycles. The molecule has 2 aromatic rings. The molecule has 1 fully saturated rings. The van der Waals surface area contributed by atoms with E-state index in [9.17, 15) is 4.79 Å². The Morgan fingerprint density at radius 1 is 1.28 bits per heavy atom. The maximum Gasteiger partial charge on any atom is 0.251 e. The second-order valence-electron chi connectivity index (χ2n) is 7.12. The van der Waals surface area contributed by atoms with Gasteiger partial charge in [0.25, 0.3) is 5.91 Å². The summed E-state index contributed by atoms with van der Waals surface area (Å²) >= 11 is 1.74. The number of carbonyl (C=O) groups is 1. The number of nitrogens with zero attached hydrogens (tertiary/aromatic N) is 1. The van der Waals surface area contributed by atoms with Crippen LogP contribution >= 0.6 is 11.3 Å². The van der Waals surface area contributed by atoms with Gasteiger partial charge in [0.1, 0.15) is 0 Å². The van der Waals surface area contributed by atoms with Gasteiger partial charge in [-0.1, -0.05) is 12.1 Å². The van der Waals surface area contributed by atoms with Crippen molar-refractivity contribution < 1.29 is 9.53 Å². The lowest BCUT2D eigenvalue weighted by Crippen LogP contribution is -2.36. The minimum atomic E-state index is -0.0652. The fourth-order valence-electron chi connectivity index (χ4n) is 3.19. The van der Waals surface area contributed by atoms with Crippen molar-refractivity contribution in [3.8, 4) is 0 Å². The maximum absolute atomic E-state index is 12.4. The topological polar surface area (TPSA) is 74.8 Å². The van der Waals surface area contributed by atoms with E-state index in [-0.39, 0.29) is 12.0 Å². The molecule has 1 aromatic carbocycles. The van der Waals surface area contributed by atoms with Crippen molar-refractivity contribution in [3.05, 3.63) is 57.3 Å². The summed E-state index contributed by atoms with van der Waals surface area (Å²) in [5.41, 5.74) is 2.95. The molecule has 1 aromatic heterocycles. The van der Waals surface area contributed by atoms with E-state index in [0.717, 1.165) is 44.1 Å². The zero-order chi connectivity index (χ0) is 20.5. The molecule has 0 bridgehead atoms. The third-order valence-electron chi connectivity index (χ3n) is 4.85. The van der Waals surface area contributed by atoms with E-state index >= 15 is 0 Å². The van der Waals surface area contributed by atoms with E-state index in [1.54, 1.807) is 11.3 Å². The third-order valence-corrected chi connectivity index (χ3v) is 5.87. The number of guanidine groups is 1. The molecule has 3 N–H and O–H groups in total. The molecule has 1 amide bonds. The van der Waals surface area contributed by atoms with Gasteiger partial charge < -0.3 is 20.7 Å². The second-order valence-corrected chi connectivity index (χ2v) is 8.12. The van der Waals surface area contributed by atoms with Gasteiger partial charge in [-0.15, -0.1) is 11.3 Å². The van der Waals surface area contributed by atoms with Crippen LogP contribution in [0, 0.1) is 6.92 Å². The molecular formula is C22H30N4O2S. The predicted octanol–water partition coefficient (Wildman–Crippen LogP) is 3.22. The number of benzene rings is 1. The summed E-state index contributed by atoms with van der Waals surface area (Å²) in [6.07, 6.45) is 2.23. The van der Waals surface area contributed by atoms with Crippen molar-refractivity contribution in [2.24, 2.45) is 4.99 Å². The fraction of sp³-hybridized carbons (Fsp3) is 0.455. The van der Waals surface area contributed by atoms with Gasteiger partial charge >= 0.3 is 0 Å². The van der Waals surface area contributed by atoms with Crippen molar-refractivity contribution >= 4 is 23.2 Å². The Labute approximate surface area is 176 Å². The van der Waals surface area contributed by atoms with Crippen molar-refractivity contribution in [1.82, 2.24) is 16.0 Å². The molecule has 1 aliphatic rings. The van der Waals surface area contributed by atoms with Crippen LogP contribution in [-0.2, 0) is 17.8 Å². The summed E-state index contributed by atoms with van der Waals surface area (Å²) in [6.45, 7) is 7.58. The van der Waals surface area contributed by atoms with E-state index in [0.29, 0.717) is 18.7 Å². The van der Waals surface area contributed by atoms with Crippen molar-refractivity contribution in [2.45, 2.75) is 45.9 Å². The van der Waals surface area contributed by atoms with Crippen LogP contribution in [0.5, 0.6) is 0 Å². The number of aliphatic imine (C=N–C) groups is 1. The Hall–Kier alpha value is -2.38. The number of hydrogen-bond acceptors (Lipinski definition) is 4. The minimum Gasteiger partial charge on any atom is -0.376 e. The fourth-order valence-corrected chi connectivity index (χ4v) is 4.03. The van der Waals surface area contributed by atoms with Crippen LogP contribution in [0.25, 0.3) is 0 Å².